The van der Waals surface area contributed by atoms with Crippen LogP contribution in [0.1, 0.15) is 22.3 Å². The van der Waals surface area contributed by atoms with Crippen LogP contribution in [-0.4, -0.2) is 10.1 Å². The lowest BCUT2D eigenvalue weighted by molar-refractivity contribution is -0.115. The molecule has 6 aromatic rings. The van der Waals surface area contributed by atoms with Gasteiger partial charge in [0.2, 0.25) is 0 Å². The third-order valence-electron chi connectivity index (χ3n) is 8.78. The summed E-state index contributed by atoms with van der Waals surface area (Å²) in [7, 11) is 0. The number of benzene rings is 6. The van der Waals surface area contributed by atoms with Crippen molar-refractivity contribution in [3.8, 4) is 11.1 Å². The van der Waals surface area contributed by atoms with Crippen molar-refractivity contribution in [2.75, 3.05) is 0 Å². The van der Waals surface area contributed by atoms with E-state index in [9.17, 15) is 4.79 Å². The second-order valence-electron chi connectivity index (χ2n) is 10.6. The summed E-state index contributed by atoms with van der Waals surface area (Å²) in [5.41, 5.74) is 9.37. The number of hydrogen-bond donors (Lipinski definition) is 0. The monoisotopic (exact) mass is 512 g/mol. The topological polar surface area (TPSA) is 17.1 Å². The van der Waals surface area contributed by atoms with Crippen molar-refractivity contribution in [2.45, 2.75) is 17.2 Å². The molecule has 0 aromatic heterocycles. The molecule has 174 valence electrons. The zero-order valence-electron chi connectivity index (χ0n) is 19.7. The first-order valence-corrected chi connectivity index (χ1v) is 13.4. The summed E-state index contributed by atoms with van der Waals surface area (Å²) in [4.78, 5) is 13.1. The quantitative estimate of drug-likeness (QED) is 0.112. The van der Waals surface area contributed by atoms with Crippen LogP contribution in [0.2, 0.25) is 0 Å². The van der Waals surface area contributed by atoms with Gasteiger partial charge in [-0.3, -0.25) is 4.79 Å². The number of ketones is 1. The molecule has 0 spiro atoms. The summed E-state index contributed by atoms with van der Waals surface area (Å²) in [5.74, 6) is -0.211. The maximum atomic E-state index is 13.1. The largest absolute Gasteiger partial charge is 0.291 e. The molecule has 6 aromatic carbocycles. The second-order valence-corrected chi connectivity index (χ2v) is 11.9. The van der Waals surface area contributed by atoms with E-state index >= 15 is 0 Å². The number of fused-ring (bicyclic) bond motifs is 5. The van der Waals surface area contributed by atoms with E-state index in [4.69, 9.17) is 23.2 Å². The third-order valence-corrected chi connectivity index (χ3v) is 9.38. The lowest BCUT2D eigenvalue weighted by Gasteiger charge is -2.29. The molecular formula is C34H18Cl2O. The summed E-state index contributed by atoms with van der Waals surface area (Å²) in [6.45, 7) is 0. The van der Waals surface area contributed by atoms with Crippen LogP contribution in [0, 0.1) is 0 Å². The summed E-state index contributed by atoms with van der Waals surface area (Å²) < 4.78 is -1.49. The van der Waals surface area contributed by atoms with E-state index in [1.807, 2.05) is 6.08 Å². The highest BCUT2D eigenvalue weighted by Crippen LogP contribution is 2.51. The average molecular weight is 513 g/mol. The Morgan fingerprint density at radius 2 is 1.16 bits per heavy atom. The van der Waals surface area contributed by atoms with Gasteiger partial charge in [-0.2, -0.15) is 0 Å². The molecule has 1 nitrogen and oxygen atoms in total. The molecular weight excluding hydrogens is 495 g/mol. The zero-order chi connectivity index (χ0) is 24.6. The lowest BCUT2D eigenvalue weighted by atomic mass is 9.75. The van der Waals surface area contributed by atoms with Crippen LogP contribution >= 0.6 is 23.2 Å². The molecule has 0 heterocycles. The number of hydrogen-bond acceptors (Lipinski definition) is 1. The first-order valence-electron chi connectivity index (χ1n) is 12.6. The van der Waals surface area contributed by atoms with Crippen molar-refractivity contribution in [1.82, 2.24) is 0 Å². The molecule has 3 heteroatoms. The zero-order valence-corrected chi connectivity index (χ0v) is 21.2. The molecule has 0 unspecified atom stereocenters. The van der Waals surface area contributed by atoms with Crippen LogP contribution in [0.15, 0.2) is 90.5 Å². The Kier molecular flexibility index (Phi) is 3.65. The van der Waals surface area contributed by atoms with Gasteiger partial charge >= 0.3 is 0 Å². The van der Waals surface area contributed by atoms with Gasteiger partial charge in [0.25, 0.3) is 0 Å². The Morgan fingerprint density at radius 3 is 1.89 bits per heavy atom. The van der Waals surface area contributed by atoms with Gasteiger partial charge in [0.05, 0.1) is 0 Å². The molecule has 0 bridgehead atoms. The Bertz CT molecular complexity index is 2110. The van der Waals surface area contributed by atoms with Gasteiger partial charge in [0, 0.05) is 12.0 Å². The van der Waals surface area contributed by atoms with Crippen LogP contribution in [0.25, 0.3) is 59.8 Å². The lowest BCUT2D eigenvalue weighted by Crippen LogP contribution is -2.30. The van der Waals surface area contributed by atoms with Crippen molar-refractivity contribution in [3.05, 3.63) is 113 Å². The molecule has 0 aliphatic heterocycles. The first-order chi connectivity index (χ1) is 18.0. The van der Waals surface area contributed by atoms with E-state index in [1.54, 1.807) is 6.08 Å². The van der Waals surface area contributed by atoms with Crippen LogP contribution in [0.5, 0.6) is 0 Å². The summed E-state index contributed by atoms with van der Waals surface area (Å²) in [6.07, 6.45) is 5.06. The van der Waals surface area contributed by atoms with E-state index in [2.05, 4.69) is 72.8 Å². The molecule has 3 aliphatic carbocycles. The minimum absolute atomic E-state index is 0.211. The predicted molar refractivity (Wildman–Crippen MR) is 155 cm³/mol. The Labute approximate surface area is 222 Å². The molecule has 3 aliphatic rings. The van der Waals surface area contributed by atoms with Gasteiger partial charge in [0.1, 0.15) is 0 Å². The second kappa shape index (κ2) is 6.61. The molecule has 0 atom stereocenters. The standard InChI is InChI=1S/C34H18Cl2O/c35-34(36)14-13-21-23-10-12-27-24-7-5-18-15-17-3-1-2-4-20(17)22-9-11-26(31(24)29(18)22)25-8-6-19(30(23)32(25)27)16-28(21)33(34)37/h1-14H,15-16H2. The highest BCUT2D eigenvalue weighted by Gasteiger charge is 2.39. The molecule has 0 amide bonds. The number of halogens is 2. The van der Waals surface area contributed by atoms with Crippen LogP contribution in [-0.2, 0) is 17.6 Å². The summed E-state index contributed by atoms with van der Waals surface area (Å²) in [6, 6.07) is 26.9. The molecule has 0 fully saturated rings. The normalized spacial score (nSPS) is 17.3. The fourth-order valence-electron chi connectivity index (χ4n) is 7.22. The van der Waals surface area contributed by atoms with E-state index in [-0.39, 0.29) is 5.78 Å². The third kappa shape index (κ3) is 2.40. The van der Waals surface area contributed by atoms with Crippen LogP contribution < -0.4 is 0 Å². The number of Topliss-reactive ketones (excluding diaryl/α,β-unsaturated/α-hetero) is 1. The average Bonchev–Trinajstić information content (AvgIpc) is 2.92. The van der Waals surface area contributed by atoms with Gasteiger partial charge in [-0.1, -0.05) is 102 Å². The van der Waals surface area contributed by atoms with Gasteiger partial charge in [-0.15, -0.1) is 0 Å². The predicted octanol–water partition coefficient (Wildman–Crippen LogP) is 8.93. The van der Waals surface area contributed by atoms with E-state index in [0.717, 1.165) is 23.1 Å². The highest BCUT2D eigenvalue weighted by molar-refractivity contribution is 6.62. The first kappa shape index (κ1) is 20.4. The molecule has 37 heavy (non-hydrogen) atoms. The number of carbonyl (C=O) groups excluding carboxylic acids is 1. The fourth-order valence-corrected chi connectivity index (χ4v) is 7.58. The highest BCUT2D eigenvalue weighted by atomic mass is 35.5. The van der Waals surface area contributed by atoms with E-state index < -0.39 is 4.33 Å². The van der Waals surface area contributed by atoms with E-state index in [0.29, 0.717) is 12.0 Å². The van der Waals surface area contributed by atoms with Gasteiger partial charge in [-0.25, -0.2) is 0 Å². The maximum Gasteiger partial charge on any atom is 0.199 e. The van der Waals surface area contributed by atoms with Gasteiger partial charge < -0.3 is 0 Å². The van der Waals surface area contributed by atoms with Crippen molar-refractivity contribution < 1.29 is 4.79 Å². The summed E-state index contributed by atoms with van der Waals surface area (Å²) in [5, 5.41) is 10.4. The Morgan fingerprint density at radius 1 is 0.568 bits per heavy atom. The van der Waals surface area contributed by atoms with Crippen molar-refractivity contribution in [2.24, 2.45) is 0 Å². The molecule has 0 saturated heterocycles. The minimum atomic E-state index is -1.49. The molecule has 0 radical (unpaired) electrons. The van der Waals surface area contributed by atoms with Crippen LogP contribution in [0.3, 0.4) is 0 Å². The van der Waals surface area contributed by atoms with Crippen molar-refractivity contribution in [3.63, 3.8) is 0 Å². The van der Waals surface area contributed by atoms with Gasteiger partial charge in [0.15, 0.2) is 10.1 Å². The number of rotatable bonds is 0. The van der Waals surface area contributed by atoms with Crippen molar-refractivity contribution >= 4 is 77.6 Å². The molecule has 9 rings (SSSR count). The SMILES string of the molecule is O=C1C2=C(C=CC1(Cl)Cl)c1ccc3c4ccc5c6c(ccc(c7ccc(c1c37)C2)c64)-c1ccccc1C5. The maximum absolute atomic E-state index is 13.1. The summed E-state index contributed by atoms with van der Waals surface area (Å²) >= 11 is 12.6. The minimum Gasteiger partial charge on any atom is -0.291 e. The van der Waals surface area contributed by atoms with Crippen molar-refractivity contribution in [1.29, 1.82) is 0 Å². The van der Waals surface area contributed by atoms with Crippen LogP contribution in [0.4, 0.5) is 0 Å². The van der Waals surface area contributed by atoms with E-state index in [1.165, 1.54) is 65.3 Å². The molecule has 0 saturated carbocycles. The number of allylic oxidation sites excluding steroid dienone is 4. The number of carbonyl (C=O) groups is 1. The Hall–Kier alpha value is -3.65. The number of alkyl halides is 2. The van der Waals surface area contributed by atoms with Gasteiger partial charge in [-0.05, 0) is 94.5 Å². The Balaban J connectivity index is 1.44. The fraction of sp³-hybridized carbons (Fsp3) is 0.0882. The smallest absolute Gasteiger partial charge is 0.199 e. The molecule has 0 N–H and O–H groups in total.